The van der Waals surface area contributed by atoms with Crippen molar-refractivity contribution in [1.29, 1.82) is 0 Å². The molecule has 6 nitrogen and oxygen atoms in total. The fourth-order valence-electron chi connectivity index (χ4n) is 3.84. The van der Waals surface area contributed by atoms with Crippen molar-refractivity contribution >= 4 is 16.9 Å². The largest absolute Gasteiger partial charge is 0.418 e. The van der Waals surface area contributed by atoms with Crippen LogP contribution in [0.15, 0.2) is 54.7 Å². The lowest BCUT2D eigenvalue weighted by molar-refractivity contribution is -0.138. The molecular formula is C27H25F6N5O. The molecule has 0 radical (unpaired) electrons. The number of pyridine rings is 2. The van der Waals surface area contributed by atoms with Gasteiger partial charge in [-0.05, 0) is 48.2 Å². The van der Waals surface area contributed by atoms with Crippen LogP contribution >= 0.6 is 0 Å². The Balaban J connectivity index is 1.65. The zero-order chi connectivity index (χ0) is 28.2. The van der Waals surface area contributed by atoms with Crippen molar-refractivity contribution in [3.8, 4) is 11.4 Å². The van der Waals surface area contributed by atoms with Gasteiger partial charge in [-0.2, -0.15) is 26.3 Å². The van der Waals surface area contributed by atoms with Crippen LogP contribution in [0.2, 0.25) is 0 Å². The molecular weight excluding hydrogens is 524 g/mol. The van der Waals surface area contributed by atoms with Crippen LogP contribution in [-0.2, 0) is 30.1 Å². The number of rotatable bonds is 9. The number of hydrogen-bond donors (Lipinski definition) is 1. The van der Waals surface area contributed by atoms with Crippen molar-refractivity contribution in [3.05, 3.63) is 77.2 Å². The first-order chi connectivity index (χ1) is 18.4. The van der Waals surface area contributed by atoms with Crippen LogP contribution in [0.5, 0.6) is 0 Å². The second-order valence-corrected chi connectivity index (χ2v) is 9.24. The number of aromatic nitrogens is 4. The third-order valence-electron chi connectivity index (χ3n) is 5.60. The monoisotopic (exact) mass is 549 g/mol. The Morgan fingerprint density at radius 1 is 0.897 bits per heavy atom. The summed E-state index contributed by atoms with van der Waals surface area (Å²) >= 11 is 0. The van der Waals surface area contributed by atoms with E-state index in [0.29, 0.717) is 23.4 Å². The fourth-order valence-corrected chi connectivity index (χ4v) is 3.84. The fraction of sp³-hybridized carbons (Fsp3) is 0.333. The van der Waals surface area contributed by atoms with Gasteiger partial charge in [-0.25, -0.2) is 15.0 Å². The van der Waals surface area contributed by atoms with Crippen molar-refractivity contribution in [2.24, 2.45) is 5.92 Å². The first-order valence-corrected chi connectivity index (χ1v) is 12.1. The molecule has 0 amide bonds. The van der Waals surface area contributed by atoms with Crippen LogP contribution in [0.4, 0.5) is 32.2 Å². The van der Waals surface area contributed by atoms with Gasteiger partial charge in [-0.3, -0.25) is 4.98 Å². The lowest BCUT2D eigenvalue weighted by atomic mass is 10.1. The molecule has 3 aromatic heterocycles. The molecule has 1 N–H and O–H groups in total. The first kappa shape index (κ1) is 28.2. The van der Waals surface area contributed by atoms with Gasteiger partial charge in [0, 0.05) is 19.3 Å². The molecule has 0 atom stereocenters. The highest BCUT2D eigenvalue weighted by atomic mass is 19.4. The van der Waals surface area contributed by atoms with Crippen molar-refractivity contribution in [2.45, 2.75) is 39.2 Å². The van der Waals surface area contributed by atoms with Crippen molar-refractivity contribution in [3.63, 3.8) is 0 Å². The zero-order valence-corrected chi connectivity index (χ0v) is 21.1. The van der Waals surface area contributed by atoms with Gasteiger partial charge in [-0.15, -0.1) is 0 Å². The maximum Gasteiger partial charge on any atom is 0.418 e. The highest BCUT2D eigenvalue weighted by Gasteiger charge is 2.35. The Morgan fingerprint density at radius 2 is 1.69 bits per heavy atom. The molecule has 206 valence electrons. The quantitative estimate of drug-likeness (QED) is 0.228. The molecule has 0 aliphatic carbocycles. The smallest absolute Gasteiger partial charge is 0.373 e. The Bertz CT molecular complexity index is 1440. The SMILES string of the molecule is CC(C)COCc1nc(NCCc2cccc(C(F)(F)F)c2)c2ccc(-c3ncccc3C(F)(F)F)nc2n1. The number of nitrogens with one attached hydrogen (secondary N) is 1. The zero-order valence-electron chi connectivity index (χ0n) is 21.1. The summed E-state index contributed by atoms with van der Waals surface area (Å²) in [7, 11) is 0. The summed E-state index contributed by atoms with van der Waals surface area (Å²) in [4.78, 5) is 17.1. The Labute approximate surface area is 220 Å². The topological polar surface area (TPSA) is 72.8 Å². The lowest BCUT2D eigenvalue weighted by Crippen LogP contribution is -2.12. The second-order valence-electron chi connectivity index (χ2n) is 9.24. The third kappa shape index (κ3) is 7.20. The number of halogens is 6. The summed E-state index contributed by atoms with van der Waals surface area (Å²) in [6, 6.07) is 10.1. The number of nitrogens with zero attached hydrogens (tertiary/aromatic N) is 4. The molecule has 0 fully saturated rings. The second kappa shape index (κ2) is 11.5. The number of ether oxygens (including phenoxy) is 1. The van der Waals surface area contributed by atoms with E-state index in [1.165, 1.54) is 30.5 Å². The summed E-state index contributed by atoms with van der Waals surface area (Å²) < 4.78 is 85.5. The average Bonchev–Trinajstić information content (AvgIpc) is 2.87. The van der Waals surface area contributed by atoms with Gasteiger partial charge >= 0.3 is 12.4 Å². The van der Waals surface area contributed by atoms with Gasteiger partial charge in [0.25, 0.3) is 0 Å². The molecule has 3 heterocycles. The summed E-state index contributed by atoms with van der Waals surface area (Å²) in [5, 5.41) is 3.54. The van der Waals surface area contributed by atoms with E-state index in [4.69, 9.17) is 4.74 Å². The molecule has 1 aromatic carbocycles. The molecule has 0 unspecified atom stereocenters. The molecule has 0 saturated carbocycles. The number of benzene rings is 1. The highest BCUT2D eigenvalue weighted by Crippen LogP contribution is 2.36. The highest BCUT2D eigenvalue weighted by molar-refractivity contribution is 5.88. The maximum atomic E-state index is 13.6. The van der Waals surface area contributed by atoms with Crippen LogP contribution in [0.3, 0.4) is 0 Å². The Morgan fingerprint density at radius 3 is 2.41 bits per heavy atom. The molecule has 4 aromatic rings. The van der Waals surface area contributed by atoms with Crippen LogP contribution in [0.1, 0.15) is 36.4 Å². The first-order valence-electron chi connectivity index (χ1n) is 12.1. The van der Waals surface area contributed by atoms with Crippen molar-refractivity contribution in [2.75, 3.05) is 18.5 Å². The summed E-state index contributed by atoms with van der Waals surface area (Å²) in [6.45, 7) is 4.66. The van der Waals surface area contributed by atoms with Gasteiger partial charge < -0.3 is 10.1 Å². The van der Waals surface area contributed by atoms with E-state index in [-0.39, 0.29) is 48.3 Å². The van der Waals surface area contributed by atoms with E-state index in [1.807, 2.05) is 13.8 Å². The van der Waals surface area contributed by atoms with E-state index in [0.717, 1.165) is 18.2 Å². The predicted molar refractivity (Wildman–Crippen MR) is 134 cm³/mol. The van der Waals surface area contributed by atoms with E-state index < -0.39 is 23.5 Å². The number of anilines is 1. The molecule has 0 saturated heterocycles. The number of alkyl halides is 6. The van der Waals surface area contributed by atoms with Crippen LogP contribution in [0.25, 0.3) is 22.4 Å². The molecule has 39 heavy (non-hydrogen) atoms. The molecule has 4 rings (SSSR count). The van der Waals surface area contributed by atoms with Gasteiger partial charge in [0.1, 0.15) is 18.1 Å². The minimum absolute atomic E-state index is 0.0157. The third-order valence-corrected chi connectivity index (χ3v) is 5.60. The van der Waals surface area contributed by atoms with Crippen LogP contribution in [0, 0.1) is 5.92 Å². The Kier molecular flexibility index (Phi) is 8.34. The van der Waals surface area contributed by atoms with Gasteiger partial charge in [0.15, 0.2) is 11.5 Å². The van der Waals surface area contributed by atoms with Crippen molar-refractivity contribution < 1.29 is 31.1 Å². The summed E-state index contributed by atoms with van der Waals surface area (Å²) in [5.41, 5.74) is -1.40. The van der Waals surface area contributed by atoms with E-state index in [2.05, 4.69) is 25.3 Å². The number of fused-ring (bicyclic) bond motifs is 1. The molecule has 12 heteroatoms. The molecule has 0 aliphatic rings. The van der Waals surface area contributed by atoms with E-state index in [1.54, 1.807) is 6.07 Å². The summed E-state index contributed by atoms with van der Waals surface area (Å²) in [6.07, 6.45) is -7.55. The Hall–Kier alpha value is -3.80. The number of hydrogen-bond acceptors (Lipinski definition) is 6. The standard InChI is InChI=1S/C27H25F6N5O/c1-16(2)14-39-15-22-37-24(35-12-10-17-5-3-6-18(13-17)26(28,29)30)19-8-9-21(36-25(19)38-22)23-20(27(31,32)33)7-4-11-34-23/h3-9,11,13,16H,10,12,14-15H2,1-2H3,(H,35,36,37,38). The minimum atomic E-state index is -4.63. The lowest BCUT2D eigenvalue weighted by Gasteiger charge is -2.14. The van der Waals surface area contributed by atoms with Crippen molar-refractivity contribution in [1.82, 2.24) is 19.9 Å². The van der Waals surface area contributed by atoms with Gasteiger partial charge in [-0.1, -0.05) is 32.0 Å². The van der Waals surface area contributed by atoms with E-state index >= 15 is 0 Å². The molecule has 0 bridgehead atoms. The van der Waals surface area contributed by atoms with Gasteiger partial charge in [0.05, 0.1) is 22.2 Å². The van der Waals surface area contributed by atoms with Gasteiger partial charge in [0.2, 0.25) is 0 Å². The maximum absolute atomic E-state index is 13.6. The average molecular weight is 550 g/mol. The molecule has 0 aliphatic heterocycles. The normalized spacial score (nSPS) is 12.3. The minimum Gasteiger partial charge on any atom is -0.373 e. The predicted octanol–water partition coefficient (Wildman–Crippen LogP) is 6.95. The van der Waals surface area contributed by atoms with E-state index in [9.17, 15) is 26.3 Å². The van der Waals surface area contributed by atoms with Crippen LogP contribution < -0.4 is 5.32 Å². The summed E-state index contributed by atoms with van der Waals surface area (Å²) in [5.74, 6) is 0.850. The molecule has 0 spiro atoms. The van der Waals surface area contributed by atoms with Crippen LogP contribution in [-0.4, -0.2) is 33.1 Å².